The third-order valence-electron chi connectivity index (χ3n) is 10.5. The number of aromatic hydroxyl groups is 2. The molecule has 10 heteroatoms. The molecule has 2 atom stereocenters. The third-order valence-corrected chi connectivity index (χ3v) is 10.5. The van der Waals surface area contributed by atoms with Crippen molar-refractivity contribution >= 4 is 0 Å². The highest BCUT2D eigenvalue weighted by Crippen LogP contribution is 2.58. The molecule has 10 nitrogen and oxygen atoms in total. The summed E-state index contributed by atoms with van der Waals surface area (Å²) >= 11 is 0. The maximum absolute atomic E-state index is 11.7. The Morgan fingerprint density at radius 2 is 1.37 bits per heavy atom. The molecule has 2 unspecified atom stereocenters. The second-order valence-electron chi connectivity index (χ2n) is 13.1. The second kappa shape index (κ2) is 12.9. The monoisotopic (exact) mass is 668 g/mol. The van der Waals surface area contributed by atoms with Crippen molar-refractivity contribution in [1.29, 1.82) is 0 Å². The first-order chi connectivity index (χ1) is 23.7. The first-order valence-corrected chi connectivity index (χ1v) is 16.6. The number of fused-ring (bicyclic) bond motifs is 3. The van der Waals surface area contributed by atoms with Crippen molar-refractivity contribution < 1.29 is 38.6 Å². The first kappa shape index (κ1) is 32.7. The summed E-state index contributed by atoms with van der Waals surface area (Å²) in [7, 11) is 12.2. The molecule has 0 saturated heterocycles. The van der Waals surface area contributed by atoms with Crippen LogP contribution < -0.4 is 28.4 Å². The number of hydrogen-bond donors (Lipinski definition) is 2. The van der Waals surface area contributed by atoms with E-state index in [2.05, 4.69) is 36.0 Å². The maximum atomic E-state index is 11.7. The van der Waals surface area contributed by atoms with Gasteiger partial charge in [-0.05, 0) is 97.9 Å². The topological polar surface area (TPSA) is 102 Å². The molecule has 0 radical (unpaired) electrons. The summed E-state index contributed by atoms with van der Waals surface area (Å²) in [5, 5.41) is 22.4. The minimum atomic E-state index is 0.0323. The normalized spacial score (nSPS) is 18.2. The fraction of sp³-hybridized carbons (Fsp3) is 0.385. The van der Waals surface area contributed by atoms with Crippen LogP contribution in [0.2, 0.25) is 0 Å². The molecule has 0 bridgehead atoms. The minimum Gasteiger partial charge on any atom is -0.504 e. The lowest BCUT2D eigenvalue weighted by molar-refractivity contribution is 0.225. The van der Waals surface area contributed by atoms with Crippen LogP contribution in [0.5, 0.6) is 51.7 Å². The van der Waals surface area contributed by atoms with Crippen molar-refractivity contribution in [3.05, 3.63) is 75.8 Å². The van der Waals surface area contributed by atoms with E-state index in [1.165, 1.54) is 18.2 Å². The number of ether oxygens (including phenoxy) is 6. The third kappa shape index (κ3) is 5.43. The van der Waals surface area contributed by atoms with Crippen molar-refractivity contribution in [2.24, 2.45) is 0 Å². The molecule has 258 valence electrons. The summed E-state index contributed by atoms with van der Waals surface area (Å²) in [5.74, 6) is 3.83. The largest absolute Gasteiger partial charge is 0.504 e. The lowest BCUT2D eigenvalue weighted by atomic mass is 9.75. The molecule has 2 aliphatic heterocycles. The molecule has 2 heterocycles. The van der Waals surface area contributed by atoms with E-state index >= 15 is 0 Å². The van der Waals surface area contributed by atoms with Crippen molar-refractivity contribution in [2.75, 3.05) is 62.7 Å². The zero-order valence-corrected chi connectivity index (χ0v) is 29.2. The van der Waals surface area contributed by atoms with Gasteiger partial charge < -0.3 is 38.6 Å². The van der Waals surface area contributed by atoms with Gasteiger partial charge in [-0.3, -0.25) is 9.80 Å². The van der Waals surface area contributed by atoms with Gasteiger partial charge in [0.05, 0.1) is 35.5 Å². The summed E-state index contributed by atoms with van der Waals surface area (Å²) in [5.41, 5.74) is 7.89. The highest BCUT2D eigenvalue weighted by molar-refractivity contribution is 5.90. The molecule has 0 saturated carbocycles. The van der Waals surface area contributed by atoms with Gasteiger partial charge in [0.15, 0.2) is 46.0 Å². The molecule has 0 spiro atoms. The van der Waals surface area contributed by atoms with Crippen LogP contribution in [-0.4, -0.2) is 82.7 Å². The lowest BCUT2D eigenvalue weighted by Gasteiger charge is -2.41. The van der Waals surface area contributed by atoms with Crippen LogP contribution in [0.3, 0.4) is 0 Å². The van der Waals surface area contributed by atoms with Gasteiger partial charge in [-0.1, -0.05) is 6.07 Å². The molecular formula is C39H44N2O8. The number of likely N-dealkylation sites (N-methyl/N-ethyl adjacent to an activating group) is 2. The standard InChI is InChI=1S/C39H44N2O8/c1-40-12-10-22-16-31(45-4)28(42)19-24(22)26(40)14-21-8-9-29(44-3)32(15-21)49-30-20-33(46-5)38(43)36-25(30)18-27-35-23(11-13-41(27)2)17-34(47-6)39(48-7)37(35)36/h8-9,15-17,19-20,26-27,42-43H,10-14,18H2,1-7H3. The predicted octanol–water partition coefficient (Wildman–Crippen LogP) is 6.46. The zero-order valence-electron chi connectivity index (χ0n) is 29.2. The molecule has 0 fully saturated rings. The number of phenols is 2. The van der Waals surface area contributed by atoms with E-state index in [9.17, 15) is 10.2 Å². The Hall–Kier alpha value is -4.80. The van der Waals surface area contributed by atoms with Crippen LogP contribution in [0.15, 0.2) is 42.5 Å². The van der Waals surface area contributed by atoms with E-state index in [0.29, 0.717) is 58.7 Å². The fourth-order valence-corrected chi connectivity index (χ4v) is 7.95. The quantitative estimate of drug-likeness (QED) is 0.207. The van der Waals surface area contributed by atoms with Crippen molar-refractivity contribution in [3.8, 4) is 62.9 Å². The van der Waals surface area contributed by atoms with Crippen LogP contribution in [0.4, 0.5) is 0 Å². The van der Waals surface area contributed by atoms with Crippen LogP contribution >= 0.6 is 0 Å². The van der Waals surface area contributed by atoms with Crippen molar-refractivity contribution in [2.45, 2.75) is 37.8 Å². The Morgan fingerprint density at radius 1 is 0.673 bits per heavy atom. The molecule has 49 heavy (non-hydrogen) atoms. The van der Waals surface area contributed by atoms with E-state index < -0.39 is 0 Å². The minimum absolute atomic E-state index is 0.0323. The maximum Gasteiger partial charge on any atom is 0.169 e. The lowest BCUT2D eigenvalue weighted by Crippen LogP contribution is -2.35. The molecule has 2 N–H and O–H groups in total. The zero-order chi connectivity index (χ0) is 34.6. The second-order valence-corrected chi connectivity index (χ2v) is 13.1. The van der Waals surface area contributed by atoms with Gasteiger partial charge in [0.2, 0.25) is 0 Å². The average molecular weight is 669 g/mol. The molecule has 0 aromatic heterocycles. The van der Waals surface area contributed by atoms with Crippen molar-refractivity contribution in [1.82, 2.24) is 9.80 Å². The Kier molecular flexibility index (Phi) is 8.62. The van der Waals surface area contributed by atoms with E-state index in [1.807, 2.05) is 24.3 Å². The number of hydrogen-bond acceptors (Lipinski definition) is 10. The smallest absolute Gasteiger partial charge is 0.169 e. The summed E-state index contributed by atoms with van der Waals surface area (Å²) in [6.07, 6.45) is 3.04. The van der Waals surface area contributed by atoms with Crippen LogP contribution in [0.1, 0.15) is 45.5 Å². The van der Waals surface area contributed by atoms with E-state index in [4.69, 9.17) is 28.4 Å². The SMILES string of the molecule is COc1cc2c(cc1O)C(Cc1ccc(OC)c(Oc3cc(OC)c(O)c4c3CC3c5c(cc(OC)c(OC)c5-4)CCN3C)c1)N(C)CC2. The molecule has 4 aromatic rings. The van der Waals surface area contributed by atoms with Gasteiger partial charge in [-0.25, -0.2) is 0 Å². The first-order valence-electron chi connectivity index (χ1n) is 16.6. The Morgan fingerprint density at radius 3 is 2.08 bits per heavy atom. The van der Waals surface area contributed by atoms with E-state index in [-0.39, 0.29) is 23.6 Å². The van der Waals surface area contributed by atoms with Gasteiger partial charge in [-0.15, -0.1) is 0 Å². The molecule has 4 aromatic carbocycles. The van der Waals surface area contributed by atoms with Gasteiger partial charge in [0.25, 0.3) is 0 Å². The predicted molar refractivity (Wildman–Crippen MR) is 186 cm³/mol. The fourth-order valence-electron chi connectivity index (χ4n) is 7.95. The van der Waals surface area contributed by atoms with Gasteiger partial charge in [-0.2, -0.15) is 0 Å². The van der Waals surface area contributed by atoms with Crippen molar-refractivity contribution in [3.63, 3.8) is 0 Å². The molecular weight excluding hydrogens is 624 g/mol. The summed E-state index contributed by atoms with van der Waals surface area (Å²) in [6, 6.07) is 13.7. The Labute approximate surface area is 287 Å². The Balaban J connectivity index is 1.33. The van der Waals surface area contributed by atoms with Crippen LogP contribution in [0.25, 0.3) is 11.1 Å². The van der Waals surface area contributed by atoms with Crippen LogP contribution in [0, 0.1) is 0 Å². The number of phenolic OH excluding ortho intramolecular Hbond substituents is 2. The summed E-state index contributed by atoms with van der Waals surface area (Å²) in [4.78, 5) is 4.66. The highest BCUT2D eigenvalue weighted by Gasteiger charge is 2.40. The summed E-state index contributed by atoms with van der Waals surface area (Å²) in [6.45, 7) is 1.77. The highest BCUT2D eigenvalue weighted by atomic mass is 16.5. The van der Waals surface area contributed by atoms with Gasteiger partial charge in [0, 0.05) is 47.9 Å². The van der Waals surface area contributed by atoms with Gasteiger partial charge >= 0.3 is 0 Å². The Bertz CT molecular complexity index is 1920. The molecule has 1 aliphatic carbocycles. The number of methoxy groups -OCH3 is 5. The molecule has 3 aliphatic rings. The van der Waals surface area contributed by atoms with E-state index in [1.54, 1.807) is 34.5 Å². The summed E-state index contributed by atoms with van der Waals surface area (Å²) < 4.78 is 35.5. The van der Waals surface area contributed by atoms with Gasteiger partial charge in [0.1, 0.15) is 5.75 Å². The number of nitrogens with zero attached hydrogens (tertiary/aromatic N) is 2. The molecule has 7 rings (SSSR count). The van der Waals surface area contributed by atoms with E-state index in [0.717, 1.165) is 53.7 Å². The number of rotatable bonds is 9. The molecule has 0 amide bonds. The average Bonchev–Trinajstić information content (AvgIpc) is 3.11. The number of benzene rings is 4. The van der Waals surface area contributed by atoms with Crippen LogP contribution in [-0.2, 0) is 25.7 Å².